The van der Waals surface area contributed by atoms with E-state index in [2.05, 4.69) is 66.1 Å². The third-order valence-electron chi connectivity index (χ3n) is 7.24. The summed E-state index contributed by atoms with van der Waals surface area (Å²) in [6, 6.07) is 9.63. The molecule has 180 valence electrons. The van der Waals surface area contributed by atoms with E-state index in [1.807, 2.05) is 30.3 Å². The molecule has 0 spiro atoms. The zero-order valence-corrected chi connectivity index (χ0v) is 22.5. The predicted molar refractivity (Wildman–Crippen MR) is 132 cm³/mol. The van der Waals surface area contributed by atoms with Crippen molar-refractivity contribution in [1.82, 2.24) is 4.57 Å². The van der Waals surface area contributed by atoms with Gasteiger partial charge in [-0.25, -0.2) is 4.79 Å². The molecule has 1 aliphatic heterocycles. The summed E-state index contributed by atoms with van der Waals surface area (Å²) in [4.78, 5) is 26.3. The molecule has 1 amide bonds. The summed E-state index contributed by atoms with van der Waals surface area (Å²) in [5, 5.41) is 0.0469. The van der Waals surface area contributed by atoms with Gasteiger partial charge in [0.25, 0.3) is 0 Å². The monoisotopic (exact) mass is 461 g/mol. The molecule has 5 nitrogen and oxygen atoms in total. The second-order valence-electron chi connectivity index (χ2n) is 11.2. The standard InChI is InChI=1S/C26H43NO4Si/c1-10-19(4)22-23(24(28)27(22)32(8,9)26(5,6)7)31-21(16-18(2)3)25(29)30-17-20-14-12-11-13-15-20/h11-15,18-19,21-23H,10,16-17H2,1-9H3/t19-,21-,22-,23-/m0/s1. The minimum atomic E-state index is -2.05. The smallest absolute Gasteiger partial charge is 0.335 e. The Hall–Kier alpha value is -1.66. The number of carbonyl (C=O) groups excluding carboxylic acids is 2. The Bertz CT molecular complexity index is 772. The third-order valence-corrected chi connectivity index (χ3v) is 12.6. The van der Waals surface area contributed by atoms with Crippen LogP contribution < -0.4 is 0 Å². The quantitative estimate of drug-likeness (QED) is 0.251. The molecule has 0 aliphatic carbocycles. The molecule has 6 heteroatoms. The molecule has 0 unspecified atom stereocenters. The summed E-state index contributed by atoms with van der Waals surface area (Å²) in [5.74, 6) is 0.195. The number of nitrogens with zero attached hydrogens (tertiary/aromatic N) is 1. The molecule has 1 aromatic carbocycles. The van der Waals surface area contributed by atoms with Crippen LogP contribution in [0.1, 0.15) is 66.9 Å². The number of esters is 1. The number of rotatable bonds is 10. The summed E-state index contributed by atoms with van der Waals surface area (Å²) in [6.07, 6.45) is 0.175. The van der Waals surface area contributed by atoms with Gasteiger partial charge in [0, 0.05) is 0 Å². The number of hydrogen-bond acceptors (Lipinski definition) is 4. The van der Waals surface area contributed by atoms with E-state index in [0.717, 1.165) is 12.0 Å². The van der Waals surface area contributed by atoms with Crippen LogP contribution in [0.5, 0.6) is 0 Å². The molecule has 1 aromatic rings. The van der Waals surface area contributed by atoms with Crippen molar-refractivity contribution < 1.29 is 19.1 Å². The zero-order valence-electron chi connectivity index (χ0n) is 21.5. The van der Waals surface area contributed by atoms with Crippen molar-refractivity contribution in [2.24, 2.45) is 11.8 Å². The fourth-order valence-electron chi connectivity index (χ4n) is 4.06. The average Bonchev–Trinajstić information content (AvgIpc) is 2.71. The summed E-state index contributed by atoms with van der Waals surface area (Å²) in [6.45, 7) is 19.8. The fourth-order valence-corrected chi connectivity index (χ4v) is 6.60. The number of benzene rings is 1. The molecule has 1 heterocycles. The summed E-state index contributed by atoms with van der Waals surface area (Å²) in [7, 11) is -2.05. The van der Waals surface area contributed by atoms with Crippen molar-refractivity contribution in [3.63, 3.8) is 0 Å². The maximum Gasteiger partial charge on any atom is 0.335 e. The molecule has 1 saturated heterocycles. The lowest BCUT2D eigenvalue weighted by Gasteiger charge is -2.60. The predicted octanol–water partition coefficient (Wildman–Crippen LogP) is 5.79. The average molecular weight is 462 g/mol. The lowest BCUT2D eigenvalue weighted by atomic mass is 9.87. The largest absolute Gasteiger partial charge is 0.459 e. The molecular weight excluding hydrogens is 418 g/mol. The van der Waals surface area contributed by atoms with Gasteiger partial charge in [-0.05, 0) is 28.9 Å². The highest BCUT2D eigenvalue weighted by atomic mass is 28.3. The normalized spacial score (nSPS) is 21.3. The lowest BCUT2D eigenvalue weighted by molar-refractivity contribution is -0.188. The van der Waals surface area contributed by atoms with Crippen molar-refractivity contribution in [1.29, 1.82) is 0 Å². The first-order chi connectivity index (χ1) is 14.8. The van der Waals surface area contributed by atoms with Crippen molar-refractivity contribution in [3.8, 4) is 0 Å². The Morgan fingerprint density at radius 3 is 2.22 bits per heavy atom. The zero-order chi connectivity index (χ0) is 24.3. The summed E-state index contributed by atoms with van der Waals surface area (Å²) >= 11 is 0. The van der Waals surface area contributed by atoms with Gasteiger partial charge in [-0.2, -0.15) is 0 Å². The minimum absolute atomic E-state index is 0.00461. The Balaban J connectivity index is 2.20. The first-order valence-electron chi connectivity index (χ1n) is 12.0. The van der Waals surface area contributed by atoms with Gasteiger partial charge in [-0.3, -0.25) is 4.79 Å². The topological polar surface area (TPSA) is 55.8 Å². The van der Waals surface area contributed by atoms with E-state index < -0.39 is 20.4 Å². The van der Waals surface area contributed by atoms with Crippen LogP contribution >= 0.6 is 0 Å². The van der Waals surface area contributed by atoms with Crippen LogP contribution in [0.3, 0.4) is 0 Å². The van der Waals surface area contributed by atoms with E-state index in [0.29, 0.717) is 12.3 Å². The van der Waals surface area contributed by atoms with Crippen molar-refractivity contribution in [3.05, 3.63) is 35.9 Å². The lowest BCUT2D eigenvalue weighted by Crippen LogP contribution is -2.77. The van der Waals surface area contributed by atoms with Crippen LogP contribution in [-0.4, -0.2) is 42.9 Å². The third kappa shape index (κ3) is 5.82. The van der Waals surface area contributed by atoms with Gasteiger partial charge in [-0.1, -0.05) is 98.3 Å². The maximum absolute atomic E-state index is 13.4. The summed E-state index contributed by atoms with van der Waals surface area (Å²) < 4.78 is 14.0. The minimum Gasteiger partial charge on any atom is -0.459 e. The molecule has 1 fully saturated rings. The first kappa shape index (κ1) is 26.6. The molecule has 0 bridgehead atoms. The molecular formula is C26H43NO4Si. The second-order valence-corrected chi connectivity index (χ2v) is 16.3. The van der Waals surface area contributed by atoms with Gasteiger partial charge in [0.15, 0.2) is 20.4 Å². The van der Waals surface area contributed by atoms with E-state index in [1.54, 1.807) is 0 Å². The van der Waals surface area contributed by atoms with Crippen molar-refractivity contribution in [2.45, 2.75) is 104 Å². The molecule has 32 heavy (non-hydrogen) atoms. The maximum atomic E-state index is 13.4. The molecule has 0 saturated carbocycles. The number of hydrogen-bond donors (Lipinski definition) is 0. The summed E-state index contributed by atoms with van der Waals surface area (Å²) in [5.41, 5.74) is 0.936. The Morgan fingerprint density at radius 1 is 1.12 bits per heavy atom. The van der Waals surface area contributed by atoms with Gasteiger partial charge in [-0.15, -0.1) is 0 Å². The number of carbonyl (C=O) groups is 2. The van der Waals surface area contributed by atoms with E-state index in [1.165, 1.54) is 0 Å². The van der Waals surface area contributed by atoms with Crippen molar-refractivity contribution in [2.75, 3.05) is 0 Å². The number of ether oxygens (including phenoxy) is 2. The Kier molecular flexibility index (Phi) is 8.73. The van der Waals surface area contributed by atoms with Crippen molar-refractivity contribution >= 4 is 20.1 Å². The first-order valence-corrected chi connectivity index (χ1v) is 14.9. The second kappa shape index (κ2) is 10.5. The fraction of sp³-hybridized carbons (Fsp3) is 0.692. The highest BCUT2D eigenvalue weighted by Crippen LogP contribution is 2.46. The van der Waals surface area contributed by atoms with E-state index in [-0.39, 0.29) is 35.5 Å². The highest BCUT2D eigenvalue weighted by molar-refractivity contribution is 6.80. The van der Waals surface area contributed by atoms with Crippen LogP contribution in [0.15, 0.2) is 30.3 Å². The van der Waals surface area contributed by atoms with Gasteiger partial charge in [0.05, 0.1) is 6.04 Å². The molecule has 1 aliphatic rings. The SMILES string of the molecule is CC[C@H](C)[C@H]1[C@H](O[C@@H](CC(C)C)C(=O)OCc2ccccc2)C(=O)N1[Si](C)(C)C(C)(C)C. The molecule has 0 radical (unpaired) electrons. The van der Waals surface area contributed by atoms with Gasteiger partial charge >= 0.3 is 5.97 Å². The Morgan fingerprint density at radius 2 is 1.72 bits per heavy atom. The molecule has 0 aromatic heterocycles. The van der Waals surface area contributed by atoms with Crippen LogP contribution in [0.25, 0.3) is 0 Å². The Labute approximate surface area is 195 Å². The molecule has 0 N–H and O–H groups in total. The number of amides is 1. The van der Waals surface area contributed by atoms with Gasteiger partial charge in [0.2, 0.25) is 5.91 Å². The van der Waals surface area contributed by atoms with Crippen LogP contribution in [0.4, 0.5) is 0 Å². The van der Waals surface area contributed by atoms with E-state index in [9.17, 15) is 9.59 Å². The molecule has 4 atom stereocenters. The van der Waals surface area contributed by atoms with Crippen LogP contribution in [0, 0.1) is 11.8 Å². The van der Waals surface area contributed by atoms with Gasteiger partial charge in [0.1, 0.15) is 6.61 Å². The highest BCUT2D eigenvalue weighted by Gasteiger charge is 2.59. The van der Waals surface area contributed by atoms with Gasteiger partial charge < -0.3 is 14.0 Å². The van der Waals surface area contributed by atoms with E-state index in [4.69, 9.17) is 9.47 Å². The van der Waals surface area contributed by atoms with Crippen LogP contribution in [0.2, 0.25) is 18.1 Å². The number of β-lactam (4-membered cyclic amide) rings is 1. The molecule has 2 rings (SSSR count). The van der Waals surface area contributed by atoms with Crippen LogP contribution in [-0.2, 0) is 25.7 Å². The van der Waals surface area contributed by atoms with E-state index >= 15 is 0 Å².